The first-order valence-corrected chi connectivity index (χ1v) is 11.4. The van der Waals surface area contributed by atoms with Crippen LogP contribution < -0.4 is 0 Å². The molecule has 6 heteroatoms. The molecule has 4 unspecified atom stereocenters. The second kappa shape index (κ2) is 7.19. The van der Waals surface area contributed by atoms with Gasteiger partial charge >= 0.3 is 5.97 Å². The summed E-state index contributed by atoms with van der Waals surface area (Å²) in [4.78, 5) is 11.6. The fraction of sp³-hybridized carbons (Fsp3) is 0.370. The molecule has 0 radical (unpaired) electrons. The smallest absolute Gasteiger partial charge is 0.337 e. The lowest BCUT2D eigenvalue weighted by atomic mass is 9.35. The lowest BCUT2D eigenvalue weighted by Crippen LogP contribution is -2.67. The third kappa shape index (κ3) is 2.70. The van der Waals surface area contributed by atoms with Crippen LogP contribution in [-0.2, 0) is 21.5 Å². The summed E-state index contributed by atoms with van der Waals surface area (Å²) in [7, 11) is 1.38. The molecule has 1 heterocycles. The van der Waals surface area contributed by atoms with Gasteiger partial charge in [0.05, 0.1) is 37.3 Å². The molecule has 33 heavy (non-hydrogen) atoms. The van der Waals surface area contributed by atoms with Gasteiger partial charge in [-0.1, -0.05) is 31.2 Å². The van der Waals surface area contributed by atoms with Crippen LogP contribution >= 0.6 is 0 Å². The number of halogens is 1. The predicted octanol–water partition coefficient (Wildman–Crippen LogP) is 5.05. The van der Waals surface area contributed by atoms with E-state index in [4.69, 9.17) is 9.47 Å². The molecule has 1 aromatic heterocycles. The van der Waals surface area contributed by atoms with E-state index in [0.717, 1.165) is 24.1 Å². The number of hydrogen-bond donors (Lipinski definition) is 0. The van der Waals surface area contributed by atoms with Gasteiger partial charge in [0.15, 0.2) is 0 Å². The number of ether oxygens (including phenoxy) is 2. The number of rotatable bonds is 6. The number of fused-ring (bicyclic) bond motifs is 3. The molecule has 168 valence electrons. The Balaban J connectivity index is 1.24. The third-order valence-electron chi connectivity index (χ3n) is 8.51. The fourth-order valence-electron chi connectivity index (χ4n) is 6.55. The van der Waals surface area contributed by atoms with Gasteiger partial charge in [0, 0.05) is 11.0 Å². The molecule has 2 saturated carbocycles. The number of aromatic nitrogens is 2. The summed E-state index contributed by atoms with van der Waals surface area (Å²) < 4.78 is 25.3. The van der Waals surface area contributed by atoms with Crippen molar-refractivity contribution in [2.45, 2.75) is 37.7 Å². The van der Waals surface area contributed by atoms with Gasteiger partial charge in [0.2, 0.25) is 0 Å². The summed E-state index contributed by atoms with van der Waals surface area (Å²) in [6.45, 7) is 3.40. The molecule has 6 rings (SSSR count). The van der Waals surface area contributed by atoms with Gasteiger partial charge < -0.3 is 9.47 Å². The van der Waals surface area contributed by atoms with Crippen molar-refractivity contribution in [1.82, 2.24) is 10.2 Å². The number of carbonyl (C=O) groups is 1. The second-order valence-electron chi connectivity index (χ2n) is 9.75. The van der Waals surface area contributed by atoms with Gasteiger partial charge in [-0.15, -0.1) is 0 Å². The highest BCUT2D eigenvalue weighted by Gasteiger charge is 2.77. The highest BCUT2D eigenvalue weighted by molar-refractivity contribution is 5.89. The largest absolute Gasteiger partial charge is 0.465 e. The minimum Gasteiger partial charge on any atom is -0.465 e. The van der Waals surface area contributed by atoms with E-state index >= 15 is 0 Å². The molecule has 2 aromatic carbocycles. The molecular weight excluding hydrogens is 419 g/mol. The molecule has 0 amide bonds. The molecule has 0 saturated heterocycles. The maximum absolute atomic E-state index is 14.4. The van der Waals surface area contributed by atoms with Crippen molar-refractivity contribution in [3.8, 4) is 11.3 Å². The topological polar surface area (TPSA) is 61.3 Å². The van der Waals surface area contributed by atoms with Gasteiger partial charge in [-0.2, -0.15) is 10.2 Å². The normalized spacial score (nSPS) is 28.3. The van der Waals surface area contributed by atoms with Crippen molar-refractivity contribution in [1.29, 1.82) is 0 Å². The monoisotopic (exact) mass is 444 g/mol. The number of esters is 1. The van der Waals surface area contributed by atoms with Gasteiger partial charge in [-0.05, 0) is 71.6 Å². The molecule has 0 bridgehead atoms. The predicted molar refractivity (Wildman–Crippen MR) is 120 cm³/mol. The molecule has 3 aromatic rings. The van der Waals surface area contributed by atoms with E-state index in [1.165, 1.54) is 18.7 Å². The van der Waals surface area contributed by atoms with Gasteiger partial charge in [-0.3, -0.25) is 0 Å². The fourth-order valence-corrected chi connectivity index (χ4v) is 6.55. The Morgan fingerprint density at radius 2 is 1.94 bits per heavy atom. The molecule has 4 atom stereocenters. The lowest BCUT2D eigenvalue weighted by Gasteiger charge is -2.69. The minimum absolute atomic E-state index is 0.132. The van der Waals surface area contributed by atoms with Crippen LogP contribution in [0.2, 0.25) is 0 Å². The van der Waals surface area contributed by atoms with E-state index in [1.54, 1.807) is 24.3 Å². The van der Waals surface area contributed by atoms with Crippen LogP contribution in [0.1, 0.15) is 52.9 Å². The van der Waals surface area contributed by atoms with Crippen molar-refractivity contribution in [2.24, 2.45) is 11.3 Å². The van der Waals surface area contributed by atoms with E-state index in [9.17, 15) is 9.18 Å². The van der Waals surface area contributed by atoms with Crippen LogP contribution in [-0.4, -0.2) is 29.9 Å². The first-order valence-electron chi connectivity index (χ1n) is 11.4. The Morgan fingerprint density at radius 1 is 1.15 bits per heavy atom. The second-order valence-corrected chi connectivity index (χ2v) is 9.75. The molecule has 3 aliphatic carbocycles. The highest BCUT2D eigenvalue weighted by atomic mass is 19.1. The van der Waals surface area contributed by atoms with Crippen molar-refractivity contribution in [2.75, 3.05) is 13.7 Å². The van der Waals surface area contributed by atoms with Crippen LogP contribution in [0.15, 0.2) is 54.6 Å². The number of nitrogens with zero attached hydrogens (tertiary/aromatic N) is 2. The van der Waals surface area contributed by atoms with Gasteiger partial charge in [0.1, 0.15) is 5.82 Å². The zero-order valence-corrected chi connectivity index (χ0v) is 18.7. The van der Waals surface area contributed by atoms with E-state index in [1.807, 2.05) is 18.2 Å². The summed E-state index contributed by atoms with van der Waals surface area (Å²) >= 11 is 0. The molecular formula is C27H25FN2O3. The Kier molecular flexibility index (Phi) is 4.46. The average Bonchev–Trinajstić information content (AvgIpc) is 2.96. The number of hydrogen-bond acceptors (Lipinski definition) is 5. The zero-order valence-electron chi connectivity index (χ0n) is 18.7. The average molecular weight is 445 g/mol. The summed E-state index contributed by atoms with van der Waals surface area (Å²) in [5.41, 5.74) is 4.86. The highest BCUT2D eigenvalue weighted by Crippen LogP contribution is 2.81. The number of benzene rings is 2. The van der Waals surface area contributed by atoms with Crippen LogP contribution in [0.5, 0.6) is 0 Å². The summed E-state index contributed by atoms with van der Waals surface area (Å²) in [5.74, 6) is 0.482. The molecule has 3 aliphatic rings. The van der Waals surface area contributed by atoms with Gasteiger partial charge in [0.25, 0.3) is 0 Å². The van der Waals surface area contributed by atoms with Crippen molar-refractivity contribution in [3.63, 3.8) is 0 Å². The molecule has 0 N–H and O–H groups in total. The molecule has 0 spiro atoms. The summed E-state index contributed by atoms with van der Waals surface area (Å²) in [6, 6.07) is 16.1. The quantitative estimate of drug-likeness (QED) is 0.498. The van der Waals surface area contributed by atoms with E-state index in [-0.39, 0.29) is 22.6 Å². The summed E-state index contributed by atoms with van der Waals surface area (Å²) in [6.07, 6.45) is 2.21. The van der Waals surface area contributed by atoms with E-state index in [2.05, 4.69) is 23.2 Å². The minimum atomic E-state index is -0.346. The lowest BCUT2D eigenvalue weighted by molar-refractivity contribution is -0.184. The first-order chi connectivity index (χ1) is 16.0. The number of methoxy groups -OCH3 is 1. The van der Waals surface area contributed by atoms with Gasteiger partial charge in [-0.25, -0.2) is 9.18 Å². The van der Waals surface area contributed by atoms with Crippen LogP contribution in [0.3, 0.4) is 0 Å². The Hall–Kier alpha value is -3.12. The number of carbonyl (C=O) groups excluding carboxylic acids is 1. The molecule has 2 fully saturated rings. The van der Waals surface area contributed by atoms with E-state index in [0.29, 0.717) is 41.9 Å². The van der Waals surface area contributed by atoms with E-state index < -0.39 is 0 Å². The van der Waals surface area contributed by atoms with Crippen LogP contribution in [0, 0.1) is 17.2 Å². The Morgan fingerprint density at radius 3 is 2.67 bits per heavy atom. The maximum Gasteiger partial charge on any atom is 0.337 e. The summed E-state index contributed by atoms with van der Waals surface area (Å²) in [5, 5.41) is 9.11. The van der Waals surface area contributed by atoms with Crippen LogP contribution in [0.25, 0.3) is 11.3 Å². The maximum atomic E-state index is 14.4. The Labute approximate surface area is 192 Å². The van der Waals surface area contributed by atoms with Crippen LogP contribution in [0.4, 0.5) is 4.39 Å². The van der Waals surface area contributed by atoms with Crippen molar-refractivity contribution < 1.29 is 18.7 Å². The molecule has 5 nitrogen and oxygen atoms in total. The first kappa shape index (κ1) is 20.5. The van der Waals surface area contributed by atoms with Crippen molar-refractivity contribution >= 4 is 5.97 Å². The third-order valence-corrected chi connectivity index (χ3v) is 8.51. The SMILES string of the molecule is COC(=O)c1ccc(COCC23CC4CC(c5cc(-c6ccccc6F)nnc52)C43C)cc1. The Bertz CT molecular complexity index is 1260. The molecule has 0 aliphatic heterocycles. The van der Waals surface area contributed by atoms with Crippen molar-refractivity contribution in [3.05, 3.63) is 82.8 Å². The standard InChI is InChI=1S/C27H25FN2O3/c1-26-18-11-21(26)20-12-23(19-5-3-4-6-22(19)28)29-30-24(20)27(26,13-18)15-33-14-16-7-9-17(10-8-16)25(31)32-2/h3-10,12,18,21H,11,13-15H2,1-2H3. The zero-order chi connectivity index (χ0) is 22.8.